The zero-order chi connectivity index (χ0) is 11.3. The third kappa shape index (κ3) is 4.93. The maximum atomic E-state index is 11.4. The number of ketones is 1. The third-order valence-corrected chi connectivity index (χ3v) is 2.50. The smallest absolute Gasteiger partial charge is 0.308 e. The molecule has 4 nitrogen and oxygen atoms in total. The van der Waals surface area contributed by atoms with Crippen LogP contribution < -0.4 is 0 Å². The maximum absolute atomic E-state index is 11.4. The van der Waals surface area contributed by atoms with Gasteiger partial charge < -0.3 is 9.84 Å². The fraction of sp³-hybridized carbons (Fsp3) is 0.818. The molecule has 1 saturated heterocycles. The van der Waals surface area contributed by atoms with E-state index in [2.05, 4.69) is 0 Å². The molecule has 4 heteroatoms. The number of cyclic esters (lactones) is 1. The van der Waals surface area contributed by atoms with Crippen LogP contribution in [0.1, 0.15) is 39.0 Å². The molecule has 2 atom stereocenters. The molecular weight excluding hydrogens is 196 g/mol. The van der Waals surface area contributed by atoms with Gasteiger partial charge in [-0.3, -0.25) is 9.59 Å². The van der Waals surface area contributed by atoms with Crippen LogP contribution in [0.2, 0.25) is 0 Å². The molecule has 1 rings (SSSR count). The average Bonchev–Trinajstić information content (AvgIpc) is 2.15. The summed E-state index contributed by atoms with van der Waals surface area (Å²) in [7, 11) is 0. The largest absolute Gasteiger partial charge is 0.465 e. The Morgan fingerprint density at radius 3 is 2.80 bits per heavy atom. The Morgan fingerprint density at radius 1 is 1.33 bits per heavy atom. The summed E-state index contributed by atoms with van der Waals surface area (Å²) in [6, 6.07) is 0. The molecule has 0 spiro atoms. The van der Waals surface area contributed by atoms with Crippen LogP contribution in [0.15, 0.2) is 0 Å². The van der Waals surface area contributed by atoms with Crippen LogP contribution in [0.3, 0.4) is 0 Å². The number of carbonyl (C=O) groups excluding carboxylic acids is 2. The number of ether oxygens (including phenoxy) is 1. The predicted molar refractivity (Wildman–Crippen MR) is 54.2 cm³/mol. The van der Waals surface area contributed by atoms with Crippen molar-refractivity contribution in [2.75, 3.05) is 6.61 Å². The van der Waals surface area contributed by atoms with Gasteiger partial charge in [-0.1, -0.05) is 6.92 Å². The molecule has 0 bridgehead atoms. The van der Waals surface area contributed by atoms with Gasteiger partial charge in [-0.25, -0.2) is 0 Å². The van der Waals surface area contributed by atoms with Gasteiger partial charge in [0.15, 0.2) is 0 Å². The van der Waals surface area contributed by atoms with Crippen LogP contribution in [0.4, 0.5) is 0 Å². The number of hydrogen-bond acceptors (Lipinski definition) is 4. The summed E-state index contributed by atoms with van der Waals surface area (Å²) < 4.78 is 4.95. The fourth-order valence-electron chi connectivity index (χ4n) is 1.67. The Kier molecular flexibility index (Phi) is 4.75. The Labute approximate surface area is 89.6 Å². The van der Waals surface area contributed by atoms with E-state index in [-0.39, 0.29) is 30.7 Å². The Hall–Kier alpha value is -0.900. The molecule has 0 aromatic heterocycles. The van der Waals surface area contributed by atoms with Gasteiger partial charge in [-0.15, -0.1) is 0 Å². The minimum atomic E-state index is -0.668. The average molecular weight is 214 g/mol. The molecular formula is C11H18O4. The Balaban J connectivity index is 2.50. The lowest BCUT2D eigenvalue weighted by atomic mass is 10.0. The number of aliphatic hydroxyl groups is 1. The number of carbonyl (C=O) groups is 2. The van der Waals surface area contributed by atoms with Crippen molar-refractivity contribution < 1.29 is 19.4 Å². The van der Waals surface area contributed by atoms with E-state index >= 15 is 0 Å². The van der Waals surface area contributed by atoms with Crippen molar-refractivity contribution in [3.63, 3.8) is 0 Å². The summed E-state index contributed by atoms with van der Waals surface area (Å²) in [5.74, 6) is -0.104. The van der Waals surface area contributed by atoms with Gasteiger partial charge >= 0.3 is 5.97 Å². The predicted octanol–water partition coefficient (Wildman–Crippen LogP) is 1.06. The summed E-state index contributed by atoms with van der Waals surface area (Å²) in [5, 5.41) is 9.43. The monoisotopic (exact) mass is 214 g/mol. The lowest BCUT2D eigenvalue weighted by Crippen LogP contribution is -2.17. The summed E-state index contributed by atoms with van der Waals surface area (Å²) in [5.41, 5.74) is 0. The van der Waals surface area contributed by atoms with Gasteiger partial charge in [0.1, 0.15) is 5.78 Å². The first-order chi connectivity index (χ1) is 7.08. The molecule has 1 fully saturated rings. The van der Waals surface area contributed by atoms with Crippen LogP contribution in [0.5, 0.6) is 0 Å². The van der Waals surface area contributed by atoms with Gasteiger partial charge in [0.2, 0.25) is 0 Å². The zero-order valence-corrected chi connectivity index (χ0v) is 9.07. The highest BCUT2D eigenvalue weighted by molar-refractivity contribution is 5.78. The molecule has 86 valence electrons. The van der Waals surface area contributed by atoms with E-state index in [1.807, 2.05) is 6.92 Å². The maximum Gasteiger partial charge on any atom is 0.308 e. The van der Waals surface area contributed by atoms with E-state index in [4.69, 9.17) is 4.74 Å². The number of hydrogen-bond donors (Lipinski definition) is 1. The highest BCUT2D eigenvalue weighted by Crippen LogP contribution is 2.13. The van der Waals surface area contributed by atoms with E-state index in [0.717, 1.165) is 0 Å². The topological polar surface area (TPSA) is 63.6 Å². The minimum absolute atomic E-state index is 0.0426. The van der Waals surface area contributed by atoms with Crippen molar-refractivity contribution in [3.05, 3.63) is 0 Å². The summed E-state index contributed by atoms with van der Waals surface area (Å²) in [6.45, 7) is 2.16. The van der Waals surface area contributed by atoms with E-state index in [1.54, 1.807) is 0 Å². The van der Waals surface area contributed by atoms with Crippen LogP contribution in [-0.4, -0.2) is 29.6 Å². The van der Waals surface area contributed by atoms with Crippen molar-refractivity contribution in [3.8, 4) is 0 Å². The lowest BCUT2D eigenvalue weighted by Gasteiger charge is -2.10. The first kappa shape index (κ1) is 12.2. The minimum Gasteiger partial charge on any atom is -0.465 e. The molecule has 15 heavy (non-hydrogen) atoms. The van der Waals surface area contributed by atoms with Crippen LogP contribution in [0.25, 0.3) is 0 Å². The van der Waals surface area contributed by atoms with E-state index in [1.165, 1.54) is 0 Å². The molecule has 0 aliphatic carbocycles. The summed E-state index contributed by atoms with van der Waals surface area (Å²) in [4.78, 5) is 22.6. The number of rotatable bonds is 0. The van der Waals surface area contributed by atoms with E-state index < -0.39 is 6.10 Å². The lowest BCUT2D eigenvalue weighted by molar-refractivity contribution is -0.147. The van der Waals surface area contributed by atoms with Gasteiger partial charge in [-0.05, 0) is 18.8 Å². The number of aliphatic hydroxyl groups excluding tert-OH is 1. The SMILES string of the molecule is C[C@H]1COC(=O)C[C@H](O)CCCC(=O)C1. The molecule has 0 aromatic rings. The number of esters is 1. The zero-order valence-electron chi connectivity index (χ0n) is 9.07. The van der Waals surface area contributed by atoms with Crippen molar-refractivity contribution in [1.82, 2.24) is 0 Å². The molecule has 1 N–H and O–H groups in total. The van der Waals surface area contributed by atoms with E-state index in [0.29, 0.717) is 25.7 Å². The molecule has 1 aliphatic heterocycles. The quantitative estimate of drug-likeness (QED) is 0.612. The highest BCUT2D eigenvalue weighted by Gasteiger charge is 2.17. The molecule has 0 radical (unpaired) electrons. The molecule has 0 unspecified atom stereocenters. The van der Waals surface area contributed by atoms with Crippen LogP contribution >= 0.6 is 0 Å². The van der Waals surface area contributed by atoms with Gasteiger partial charge in [0, 0.05) is 12.8 Å². The second-order valence-corrected chi connectivity index (χ2v) is 4.28. The molecule has 1 heterocycles. The second-order valence-electron chi connectivity index (χ2n) is 4.28. The first-order valence-corrected chi connectivity index (χ1v) is 5.43. The summed E-state index contributed by atoms with van der Waals surface area (Å²) >= 11 is 0. The molecule has 1 aliphatic rings. The molecule has 0 amide bonds. The standard InChI is InChI=1S/C11H18O4/c1-8-5-9(12)3-2-4-10(13)6-11(14)15-7-8/h8,10,13H,2-7H2,1H3/t8-,10-/m1/s1. The fourth-order valence-corrected chi connectivity index (χ4v) is 1.67. The van der Waals surface area contributed by atoms with Crippen LogP contribution in [0, 0.1) is 5.92 Å². The van der Waals surface area contributed by atoms with E-state index in [9.17, 15) is 14.7 Å². The first-order valence-electron chi connectivity index (χ1n) is 5.43. The van der Waals surface area contributed by atoms with Gasteiger partial charge in [-0.2, -0.15) is 0 Å². The Morgan fingerprint density at radius 2 is 2.07 bits per heavy atom. The third-order valence-electron chi connectivity index (χ3n) is 2.50. The van der Waals surface area contributed by atoms with Crippen LogP contribution in [-0.2, 0) is 14.3 Å². The Bertz CT molecular complexity index is 237. The summed E-state index contributed by atoms with van der Waals surface area (Å²) in [6.07, 6.45) is 1.48. The normalized spacial score (nSPS) is 30.5. The second kappa shape index (κ2) is 5.85. The van der Waals surface area contributed by atoms with Gasteiger partial charge in [0.05, 0.1) is 19.1 Å². The highest BCUT2D eigenvalue weighted by atomic mass is 16.5. The van der Waals surface area contributed by atoms with Crippen molar-refractivity contribution in [2.45, 2.75) is 45.1 Å². The molecule has 0 aromatic carbocycles. The number of Topliss-reactive ketones (excluding diaryl/α,β-unsaturated/α-hetero) is 1. The van der Waals surface area contributed by atoms with Crippen molar-refractivity contribution in [1.29, 1.82) is 0 Å². The van der Waals surface area contributed by atoms with Crippen molar-refractivity contribution >= 4 is 11.8 Å². The van der Waals surface area contributed by atoms with Crippen molar-refractivity contribution in [2.24, 2.45) is 5.92 Å². The van der Waals surface area contributed by atoms with Gasteiger partial charge in [0.25, 0.3) is 0 Å². The molecule has 0 saturated carbocycles.